The van der Waals surface area contributed by atoms with Crippen LogP contribution in [-0.4, -0.2) is 40.3 Å². The second-order valence-corrected chi connectivity index (χ2v) is 85.2. The molecule has 10 rings (SSSR count). The third kappa shape index (κ3) is 21.0. The molecular weight excluding hydrogens is 2170 g/mol. The number of hydrogen-bond acceptors (Lipinski definition) is 6. The molecule has 0 aliphatic heterocycles. The zero-order valence-corrected chi connectivity index (χ0v) is 70.5. The van der Waals surface area contributed by atoms with Gasteiger partial charge in [0.05, 0.1) is 47.5 Å². The Labute approximate surface area is 626 Å². The molecule has 10 nitrogen and oxygen atoms in total. The molecule has 0 spiro atoms. The fraction of sp³-hybridized carbons (Fsp3) is 0.213. The van der Waals surface area contributed by atoms with Crippen molar-refractivity contribution in [2.45, 2.75) is 57.6 Å². The van der Waals surface area contributed by atoms with E-state index in [0.29, 0.717) is 48.9 Å². The van der Waals surface area contributed by atoms with E-state index in [2.05, 4.69) is 178 Å². The molecule has 0 aliphatic carbocycles. The number of fused-ring (bicyclic) bond motifs is 2. The summed E-state index contributed by atoms with van der Waals surface area (Å²) in [7, 11) is 8.10. The zero-order valence-electron chi connectivity index (χ0n) is 46.7. The van der Waals surface area contributed by atoms with Gasteiger partial charge in [-0.3, -0.25) is 14.9 Å². The first kappa shape index (κ1) is 79.0. The summed E-state index contributed by atoms with van der Waals surface area (Å²) in [6.07, 6.45) is 7.20. The van der Waals surface area contributed by atoms with Crippen LogP contribution >= 0.6 is 195 Å². The van der Waals surface area contributed by atoms with Crippen LogP contribution in [0.4, 0.5) is 0 Å². The fourth-order valence-electron chi connectivity index (χ4n) is 9.54. The topological polar surface area (TPSA) is 118 Å². The third-order valence-electron chi connectivity index (χ3n) is 13.0. The summed E-state index contributed by atoms with van der Waals surface area (Å²) in [5.41, 5.74) is 14.8. The van der Waals surface area contributed by atoms with Gasteiger partial charge in [-0.2, -0.15) is 0 Å². The first-order valence-corrected chi connectivity index (χ1v) is 62.3. The Morgan fingerprint density at radius 3 is 1.30 bits per heavy atom. The second-order valence-electron chi connectivity index (χ2n) is 19.4. The number of pyridine rings is 2. The van der Waals surface area contributed by atoms with E-state index in [1.54, 1.807) is 47.9 Å². The van der Waals surface area contributed by atoms with E-state index in [-0.39, 0.29) is 29.5 Å². The van der Waals surface area contributed by atoms with E-state index in [1.165, 1.54) is 0 Å². The number of halogens is 13. The van der Waals surface area contributed by atoms with Gasteiger partial charge in [0, 0.05) is 77.2 Å². The molecular formula is C61H61Cl5I8N8O2V2-. The van der Waals surface area contributed by atoms with Crippen molar-refractivity contribution in [2.75, 3.05) is 0 Å². The van der Waals surface area contributed by atoms with Gasteiger partial charge in [0.2, 0.25) is 0 Å². The van der Waals surface area contributed by atoms with Gasteiger partial charge in [0.15, 0.2) is 0 Å². The van der Waals surface area contributed by atoms with Crippen molar-refractivity contribution in [3.8, 4) is 22.3 Å². The molecule has 0 bridgehead atoms. The Hall–Kier alpha value is 0.539. The van der Waals surface area contributed by atoms with Crippen molar-refractivity contribution in [2.24, 2.45) is 33.9 Å². The summed E-state index contributed by atoms with van der Waals surface area (Å²) in [4.78, 5) is 33.1. The van der Waals surface area contributed by atoms with E-state index in [4.69, 9.17) is 63.7 Å². The minimum absolute atomic E-state index is 0. The zero-order chi connectivity index (χ0) is 62.9. The normalized spacial score (nSPS) is 12.2. The number of nitrogens with two attached hydrogens (primary N) is 1. The predicted octanol–water partition coefficient (Wildman–Crippen LogP) is 17.5. The minimum atomic E-state index is -1.04. The van der Waals surface area contributed by atoms with Crippen LogP contribution in [0.2, 0.25) is 20.1 Å². The van der Waals surface area contributed by atoms with Crippen molar-refractivity contribution in [3.05, 3.63) is 245 Å². The van der Waals surface area contributed by atoms with Gasteiger partial charge < -0.3 is 24.0 Å². The molecule has 0 aliphatic rings. The third-order valence-corrected chi connectivity index (χ3v) is 14.6. The molecule has 0 saturated heterocycles. The van der Waals surface area contributed by atoms with Crippen molar-refractivity contribution in [1.29, 1.82) is 0 Å². The molecule has 25 heteroatoms. The monoisotopic (exact) mass is 2230 g/mol. The van der Waals surface area contributed by atoms with Gasteiger partial charge in [-0.25, -0.2) is 9.97 Å². The summed E-state index contributed by atoms with van der Waals surface area (Å²) >= 11 is 50.0. The van der Waals surface area contributed by atoms with Crippen LogP contribution in [0, 0.1) is 0 Å². The SMILES string of the molecule is C.CC(C)N.CC(C)NC(c1ccc(Cl)cc1)(c1ccc2c(c1)c(-c1cccc(Cl)c1)cc(=O)n2C)c1cncn1C.Cn1cncc1C(Cl)(c1ccc(Cl)cc1)c1ccc2c(c1)c(-c1cccc(Cl)c1)cc(=O)n2C.I[I-]I.[I][V]([I])[I].[I][V][I]. The van der Waals surface area contributed by atoms with Crippen LogP contribution in [0.3, 0.4) is 0 Å². The molecule has 86 heavy (non-hydrogen) atoms. The Balaban J connectivity index is 0.000000301. The molecule has 2 atom stereocenters. The van der Waals surface area contributed by atoms with E-state index < -0.39 is 10.4 Å². The number of alkyl halides is 1. The maximum absolute atomic E-state index is 12.9. The molecule has 4 aromatic heterocycles. The van der Waals surface area contributed by atoms with Crippen LogP contribution in [0.25, 0.3) is 44.1 Å². The first-order valence-electron chi connectivity index (χ1n) is 25.3. The molecule has 6 aromatic carbocycles. The number of aromatic nitrogens is 6. The van der Waals surface area contributed by atoms with E-state index in [0.717, 1.165) is 77.7 Å². The molecule has 0 fully saturated rings. The van der Waals surface area contributed by atoms with Gasteiger partial charge in [-0.15, -0.1) is 11.6 Å². The van der Waals surface area contributed by atoms with Crippen molar-refractivity contribution < 1.29 is 27.6 Å². The first-order chi connectivity index (χ1) is 40.3. The number of hydrogen-bond donors (Lipinski definition) is 2. The Bertz CT molecular complexity index is 3920. The average molecular weight is 2230 g/mol. The summed E-state index contributed by atoms with van der Waals surface area (Å²) in [6, 6.07) is 46.5. The number of aryl methyl sites for hydroxylation is 4. The molecule has 0 saturated carbocycles. The summed E-state index contributed by atoms with van der Waals surface area (Å²) in [5.74, 6) is 0. The molecule has 4 heterocycles. The Morgan fingerprint density at radius 2 is 0.930 bits per heavy atom. The number of nitrogens with one attached hydrogen (secondary N) is 1. The van der Waals surface area contributed by atoms with Gasteiger partial charge in [-0.05, 0) is 137 Å². The molecule has 2 unspecified atom stereocenters. The Morgan fingerprint density at radius 1 is 0.570 bits per heavy atom. The quantitative estimate of drug-likeness (QED) is 0.104. The van der Waals surface area contributed by atoms with Crippen molar-refractivity contribution in [1.82, 2.24) is 33.6 Å². The fourth-order valence-corrected chi connectivity index (χ4v) is 10.6. The number of benzene rings is 6. The van der Waals surface area contributed by atoms with Gasteiger partial charge in [-0.1, -0.05) is 128 Å². The Kier molecular flexibility index (Phi) is 35.1. The van der Waals surface area contributed by atoms with Gasteiger partial charge in [0.1, 0.15) is 10.4 Å². The number of nitrogens with zero attached hydrogens (tertiary/aromatic N) is 6. The molecule has 3 N–H and O–H groups in total. The van der Waals surface area contributed by atoms with E-state index in [9.17, 15) is 9.59 Å². The van der Waals surface area contributed by atoms with Crippen LogP contribution in [0.1, 0.15) is 68.8 Å². The molecule has 0 amide bonds. The van der Waals surface area contributed by atoms with Crippen molar-refractivity contribution >= 4 is 217 Å². The number of rotatable bonds is 10. The molecule has 0 radical (unpaired) electrons. The summed E-state index contributed by atoms with van der Waals surface area (Å²) in [5, 5.41) is 8.22. The van der Waals surface area contributed by atoms with Crippen LogP contribution in [-0.2, 0) is 53.0 Å². The maximum atomic E-state index is 12.9. The molecule has 459 valence electrons. The van der Waals surface area contributed by atoms with Crippen LogP contribution in [0.15, 0.2) is 180 Å². The predicted molar refractivity (Wildman–Crippen MR) is 417 cm³/mol. The molecule has 10 aromatic rings. The van der Waals surface area contributed by atoms with Crippen LogP contribution in [0.5, 0.6) is 0 Å². The van der Waals surface area contributed by atoms with Crippen LogP contribution < -0.4 is 35.4 Å². The summed E-state index contributed by atoms with van der Waals surface area (Å²) < 4.78 is 7.25. The van der Waals surface area contributed by atoms with Gasteiger partial charge >= 0.3 is 165 Å². The second kappa shape index (κ2) is 38.2. The standard InChI is InChI=1S/C30H28Cl2N4O.C27H20Cl3N3O.C3H9N.CH4.I3.5HI.2V/c1-19(2)34-30(28-17-33-18-35(28)3,21-8-11-23(31)12-9-21)22-10-13-27-26(15-22)25(16-29(37)36(27)4)20-6-5-7-24(32)14-20;1-32-16-31-15-25(32)27(30,18-6-9-20(28)10-7-18)19-8-11-24-23(13-19)22(14-26(34)33(24)2)17-4-3-5-21(29)12-17;1-3(2)4;;1-3-2;;;;;;;/h5-19,34H,1-4H3;3-16H,1-2H3;3H,4H2,1-2H3;1H4;;5*1H;;/q;;;;-1;;;;;;+2;+3/p-5. The van der Waals surface area contributed by atoms with Crippen molar-refractivity contribution in [3.63, 3.8) is 0 Å². The average Bonchev–Trinajstić information content (AvgIpc) is 1.12. The number of imidazole rings is 2. The van der Waals surface area contributed by atoms with E-state index >= 15 is 0 Å². The van der Waals surface area contributed by atoms with E-state index in [1.807, 2.05) is 171 Å². The summed E-state index contributed by atoms with van der Waals surface area (Å²) in [6.45, 7) is 8.15. The van der Waals surface area contributed by atoms with Gasteiger partial charge in [0.25, 0.3) is 11.1 Å².